The maximum absolute atomic E-state index is 11.8. The van der Waals surface area contributed by atoms with E-state index >= 15 is 0 Å². The molecule has 0 N–H and O–H groups in total. The van der Waals surface area contributed by atoms with Crippen molar-refractivity contribution in [2.45, 2.75) is 0 Å². The van der Waals surface area contributed by atoms with Gasteiger partial charge in [-0.2, -0.15) is 5.26 Å². The Kier molecular flexibility index (Phi) is 3.03. The van der Waals surface area contributed by atoms with Crippen LogP contribution in [-0.4, -0.2) is 11.8 Å². The first kappa shape index (κ1) is 12.5. The van der Waals surface area contributed by atoms with Gasteiger partial charge in [0.1, 0.15) is 11.3 Å². The molecule has 0 bridgehead atoms. The summed E-state index contributed by atoms with van der Waals surface area (Å²) < 4.78 is 5.48. The molecule has 0 fully saturated rings. The van der Waals surface area contributed by atoms with Gasteiger partial charge in [0.05, 0.1) is 16.6 Å². The number of ether oxygens (including phenoxy) is 1. The van der Waals surface area contributed by atoms with Gasteiger partial charge >= 0.3 is 5.69 Å². The molecular formula is C10H5Cl2N3O3. The Morgan fingerprint density at radius 1 is 1.50 bits per heavy atom. The number of fused-ring (bicyclic) bond motifs is 1. The first-order valence-corrected chi connectivity index (χ1v) is 5.38. The molecule has 0 atom stereocenters. The Labute approximate surface area is 111 Å². The molecule has 8 heteroatoms. The van der Waals surface area contributed by atoms with E-state index in [0.717, 1.165) is 0 Å². The number of nitriles is 1. The molecule has 6 nitrogen and oxygen atoms in total. The Hall–Kier alpha value is -1.97. The lowest BCUT2D eigenvalue weighted by Crippen LogP contribution is -2.23. The van der Waals surface area contributed by atoms with Crippen LogP contribution in [0.4, 0.5) is 0 Å². The van der Waals surface area contributed by atoms with Crippen molar-refractivity contribution in [3.05, 3.63) is 38.1 Å². The Morgan fingerprint density at radius 2 is 2.17 bits per heavy atom. The lowest BCUT2D eigenvalue weighted by Gasteiger charge is -2.14. The summed E-state index contributed by atoms with van der Waals surface area (Å²) in [6.07, 6.45) is 0. The molecule has 1 heterocycles. The number of rotatable bonds is 1. The molecule has 1 aromatic heterocycles. The van der Waals surface area contributed by atoms with Crippen molar-refractivity contribution < 1.29 is 9.16 Å². The smallest absolute Gasteiger partial charge is 0.374 e. The minimum atomic E-state index is -0.496. The number of halogens is 2. The molecule has 18 heavy (non-hydrogen) atoms. The van der Waals surface area contributed by atoms with E-state index < -0.39 is 10.8 Å². The number of nitrogens with zero attached hydrogens (tertiary/aromatic N) is 3. The second kappa shape index (κ2) is 4.37. The average molecular weight is 286 g/mol. The van der Waals surface area contributed by atoms with Crippen molar-refractivity contribution in [2.24, 2.45) is 0 Å². The minimum absolute atomic E-state index is 0.0322. The largest absolute Gasteiger partial charge is 0.804 e. The van der Waals surface area contributed by atoms with Crippen LogP contribution in [0.2, 0.25) is 10.2 Å². The molecule has 0 aliphatic carbocycles. The van der Waals surface area contributed by atoms with Crippen LogP contribution in [0.1, 0.15) is 5.69 Å². The van der Waals surface area contributed by atoms with Crippen molar-refractivity contribution in [1.29, 1.82) is 5.26 Å². The van der Waals surface area contributed by atoms with Crippen LogP contribution < -0.4 is 9.16 Å². The van der Waals surface area contributed by atoms with Gasteiger partial charge in [0.15, 0.2) is 11.2 Å². The number of benzene rings is 1. The molecule has 0 unspecified atom stereocenters. The van der Waals surface area contributed by atoms with Gasteiger partial charge in [-0.3, -0.25) is 0 Å². The lowest BCUT2D eigenvalue weighted by molar-refractivity contribution is -0.468. The zero-order valence-electron chi connectivity index (χ0n) is 8.98. The Bertz CT molecular complexity index is 749. The topological polar surface area (TPSA) is 84.0 Å². The second-order valence-electron chi connectivity index (χ2n) is 3.32. The fourth-order valence-corrected chi connectivity index (χ4v) is 1.96. The maximum Gasteiger partial charge on any atom is 0.374 e. The number of methoxy groups -OCH3 is 1. The zero-order valence-corrected chi connectivity index (χ0v) is 10.5. The summed E-state index contributed by atoms with van der Waals surface area (Å²) in [5.74, 6) is 0.231. The zero-order chi connectivity index (χ0) is 13.4. The van der Waals surface area contributed by atoms with E-state index in [1.165, 1.54) is 19.2 Å². The normalized spacial score (nSPS) is 10.3. The van der Waals surface area contributed by atoms with Crippen LogP contribution in [-0.2, 0) is 0 Å². The molecule has 0 aliphatic heterocycles. The van der Waals surface area contributed by atoms with Gasteiger partial charge in [-0.15, -0.1) is 0 Å². The van der Waals surface area contributed by atoms with Crippen LogP contribution in [0.15, 0.2) is 12.1 Å². The Morgan fingerprint density at radius 3 is 2.72 bits per heavy atom. The highest BCUT2D eigenvalue weighted by Crippen LogP contribution is 2.29. The molecular weight excluding hydrogens is 281 g/mol. The van der Waals surface area contributed by atoms with Crippen LogP contribution in [0, 0.1) is 21.4 Å². The first-order valence-electron chi connectivity index (χ1n) is 4.63. The van der Waals surface area contributed by atoms with Crippen LogP contribution >= 0.6 is 23.2 Å². The first-order chi connectivity index (χ1) is 8.51. The van der Waals surface area contributed by atoms with Crippen molar-refractivity contribution >= 4 is 34.2 Å². The van der Waals surface area contributed by atoms with E-state index in [4.69, 9.17) is 33.2 Å². The van der Waals surface area contributed by atoms with Crippen LogP contribution in [0.3, 0.4) is 0 Å². The summed E-state index contributed by atoms with van der Waals surface area (Å²) >= 11 is 11.5. The van der Waals surface area contributed by atoms with Crippen molar-refractivity contribution in [2.75, 3.05) is 7.11 Å². The average Bonchev–Trinajstić information content (AvgIpc) is 2.36. The summed E-state index contributed by atoms with van der Waals surface area (Å²) in [4.78, 5) is 11.8. The van der Waals surface area contributed by atoms with Crippen molar-refractivity contribution in [3.8, 4) is 11.8 Å². The van der Waals surface area contributed by atoms with E-state index in [2.05, 4.69) is 0 Å². The summed E-state index contributed by atoms with van der Waals surface area (Å²) in [6.45, 7) is 0. The van der Waals surface area contributed by atoms with Crippen molar-refractivity contribution in [1.82, 2.24) is 4.73 Å². The second-order valence-corrected chi connectivity index (χ2v) is 4.08. The monoisotopic (exact) mass is 285 g/mol. The third-order valence-electron chi connectivity index (χ3n) is 2.37. The molecule has 1 aromatic carbocycles. The highest BCUT2D eigenvalue weighted by Gasteiger charge is 2.22. The van der Waals surface area contributed by atoms with Gasteiger partial charge in [0.2, 0.25) is 0 Å². The van der Waals surface area contributed by atoms with E-state index in [1.807, 2.05) is 0 Å². The predicted octanol–water partition coefficient (Wildman–Crippen LogP) is 2.09. The molecule has 0 saturated heterocycles. The minimum Gasteiger partial charge on any atom is -0.804 e. The van der Waals surface area contributed by atoms with Gasteiger partial charge in [-0.25, -0.2) is 0 Å². The third kappa shape index (κ3) is 1.65. The fourth-order valence-electron chi connectivity index (χ4n) is 1.51. The van der Waals surface area contributed by atoms with Gasteiger partial charge in [-0.05, 0) is 0 Å². The highest BCUT2D eigenvalue weighted by atomic mass is 35.5. The van der Waals surface area contributed by atoms with Crippen molar-refractivity contribution in [3.63, 3.8) is 0 Å². The number of hydrogen-bond acceptors (Lipinski definition) is 4. The van der Waals surface area contributed by atoms with Gasteiger partial charge in [-0.1, -0.05) is 23.2 Å². The number of aromatic nitrogens is 2. The quantitative estimate of drug-likeness (QED) is 0.751. The van der Waals surface area contributed by atoms with Gasteiger partial charge in [0, 0.05) is 17.0 Å². The molecule has 92 valence electrons. The van der Waals surface area contributed by atoms with E-state index in [-0.39, 0.29) is 31.0 Å². The Balaban J connectivity index is 3.04. The standard InChI is InChI=1S/C10H5Cl2N3O3/c1-18-9-3-7-6(2-5(9)11)14(16)8(4-13)10(12)15(7)17/h2-3H,1H3. The lowest BCUT2D eigenvalue weighted by atomic mass is 10.2. The summed E-state index contributed by atoms with van der Waals surface area (Å²) in [5, 5.41) is 20.3. The predicted molar refractivity (Wildman–Crippen MR) is 65.4 cm³/mol. The molecule has 0 radical (unpaired) electrons. The van der Waals surface area contributed by atoms with E-state index in [1.54, 1.807) is 6.07 Å². The van der Waals surface area contributed by atoms with Gasteiger partial charge < -0.3 is 14.7 Å². The van der Waals surface area contributed by atoms with E-state index in [0.29, 0.717) is 0 Å². The maximum atomic E-state index is 11.8. The van der Waals surface area contributed by atoms with E-state index in [9.17, 15) is 10.1 Å². The molecule has 0 spiro atoms. The SMILES string of the molecule is COc1cc2c(cc1Cl)[n+](=O)c(C#N)c(Cl)n2[O-]. The molecule has 0 amide bonds. The molecule has 2 rings (SSSR count). The summed E-state index contributed by atoms with van der Waals surface area (Å²) in [7, 11) is 1.37. The summed E-state index contributed by atoms with van der Waals surface area (Å²) in [6, 6.07) is 4.10. The third-order valence-corrected chi connectivity index (χ3v) is 3.00. The molecule has 2 aromatic rings. The number of hydrogen-bond donors (Lipinski definition) is 0. The van der Waals surface area contributed by atoms with Crippen LogP contribution in [0.25, 0.3) is 11.0 Å². The highest BCUT2D eigenvalue weighted by molar-refractivity contribution is 6.33. The fraction of sp³-hybridized carbons (Fsp3) is 0.100. The molecule has 0 saturated carbocycles. The van der Waals surface area contributed by atoms with Crippen LogP contribution in [0.5, 0.6) is 5.75 Å². The summed E-state index contributed by atoms with van der Waals surface area (Å²) in [5.41, 5.74) is -0.576. The molecule has 0 aliphatic rings. The van der Waals surface area contributed by atoms with Gasteiger partial charge in [0.25, 0.3) is 5.52 Å².